The minimum Gasteiger partial charge on any atom is -0.494 e. The third kappa shape index (κ3) is 7.60. The molecule has 2 amide bonds. The van der Waals surface area contributed by atoms with E-state index >= 15 is 0 Å². The molecule has 2 rings (SSSR count). The summed E-state index contributed by atoms with van der Waals surface area (Å²) in [6.45, 7) is 8.99. The average molecular weight is 397 g/mol. The van der Waals surface area contributed by atoms with Gasteiger partial charge in [-0.1, -0.05) is 49.2 Å². The lowest BCUT2D eigenvalue weighted by atomic mass is 10.0. The van der Waals surface area contributed by atoms with Crippen LogP contribution in [-0.2, 0) is 4.79 Å². The smallest absolute Gasteiger partial charge is 0.251 e. The van der Waals surface area contributed by atoms with Gasteiger partial charge in [-0.25, -0.2) is 0 Å². The summed E-state index contributed by atoms with van der Waals surface area (Å²) in [6.07, 6.45) is 1.66. The Bertz CT molecular complexity index is 800. The van der Waals surface area contributed by atoms with Crippen LogP contribution in [-0.4, -0.2) is 31.0 Å². The number of ether oxygens (including phenoxy) is 1. The second-order valence-electron chi connectivity index (χ2n) is 7.72. The van der Waals surface area contributed by atoms with Crippen LogP contribution in [0.25, 0.3) is 0 Å². The van der Waals surface area contributed by atoms with Gasteiger partial charge in [0.25, 0.3) is 5.91 Å². The van der Waals surface area contributed by atoms with Gasteiger partial charge < -0.3 is 15.4 Å². The molecular formula is C24H32N2O3. The number of hydrogen-bond acceptors (Lipinski definition) is 3. The highest BCUT2D eigenvalue weighted by Crippen LogP contribution is 2.12. The van der Waals surface area contributed by atoms with Crippen LogP contribution in [0.1, 0.15) is 48.2 Å². The molecule has 2 aromatic carbocycles. The zero-order valence-corrected chi connectivity index (χ0v) is 17.8. The number of carbonyl (C=O) groups is 2. The summed E-state index contributed by atoms with van der Waals surface area (Å²) >= 11 is 0. The van der Waals surface area contributed by atoms with E-state index in [1.807, 2.05) is 70.2 Å². The van der Waals surface area contributed by atoms with Crippen molar-refractivity contribution in [1.82, 2.24) is 10.6 Å². The molecule has 0 aliphatic heterocycles. The van der Waals surface area contributed by atoms with Gasteiger partial charge in [0.15, 0.2) is 0 Å². The van der Waals surface area contributed by atoms with E-state index < -0.39 is 6.04 Å². The molecule has 1 unspecified atom stereocenters. The van der Waals surface area contributed by atoms with Gasteiger partial charge in [0.2, 0.25) is 5.91 Å². The summed E-state index contributed by atoms with van der Waals surface area (Å²) in [5.41, 5.74) is 2.78. The minimum absolute atomic E-state index is 0.00590. The molecule has 0 aliphatic rings. The van der Waals surface area contributed by atoms with E-state index in [2.05, 4.69) is 10.6 Å². The van der Waals surface area contributed by atoms with Crippen molar-refractivity contribution >= 4 is 11.8 Å². The monoisotopic (exact) mass is 396 g/mol. The van der Waals surface area contributed by atoms with Gasteiger partial charge >= 0.3 is 0 Å². The first-order chi connectivity index (χ1) is 13.9. The van der Waals surface area contributed by atoms with E-state index in [1.54, 1.807) is 6.07 Å². The molecule has 0 saturated heterocycles. The molecule has 29 heavy (non-hydrogen) atoms. The van der Waals surface area contributed by atoms with Crippen molar-refractivity contribution in [3.8, 4) is 5.75 Å². The molecule has 0 aromatic heterocycles. The predicted molar refractivity (Wildman–Crippen MR) is 116 cm³/mol. The zero-order chi connectivity index (χ0) is 21.2. The highest BCUT2D eigenvalue weighted by molar-refractivity contribution is 5.97. The van der Waals surface area contributed by atoms with E-state index in [4.69, 9.17) is 4.74 Å². The summed E-state index contributed by atoms with van der Waals surface area (Å²) in [5, 5.41) is 5.79. The maximum absolute atomic E-state index is 12.5. The fraction of sp³-hybridized carbons (Fsp3) is 0.417. The molecule has 2 aromatic rings. The van der Waals surface area contributed by atoms with Gasteiger partial charge in [0, 0.05) is 12.1 Å². The Morgan fingerprint density at radius 3 is 2.34 bits per heavy atom. The first-order valence-electron chi connectivity index (χ1n) is 10.2. The van der Waals surface area contributed by atoms with Gasteiger partial charge in [-0.3, -0.25) is 9.59 Å². The molecule has 5 heteroatoms. The van der Waals surface area contributed by atoms with E-state index in [0.717, 1.165) is 24.2 Å². The highest BCUT2D eigenvalue weighted by Gasteiger charge is 2.24. The summed E-state index contributed by atoms with van der Waals surface area (Å²) in [7, 11) is 0. The number of benzene rings is 2. The van der Waals surface area contributed by atoms with Crippen molar-refractivity contribution in [1.29, 1.82) is 0 Å². The number of aryl methyl sites for hydroxylation is 2. The highest BCUT2D eigenvalue weighted by atomic mass is 16.5. The Labute approximate surface area is 173 Å². The van der Waals surface area contributed by atoms with E-state index in [9.17, 15) is 9.59 Å². The van der Waals surface area contributed by atoms with Crippen molar-refractivity contribution in [2.45, 2.75) is 46.6 Å². The normalized spacial score (nSPS) is 11.8. The van der Waals surface area contributed by atoms with Crippen LogP contribution < -0.4 is 15.4 Å². The van der Waals surface area contributed by atoms with E-state index in [1.165, 1.54) is 5.56 Å². The number of hydrogen-bond donors (Lipinski definition) is 2. The second kappa shape index (κ2) is 11.2. The van der Waals surface area contributed by atoms with Gasteiger partial charge in [0.05, 0.1) is 6.61 Å². The number of amides is 2. The standard InChI is InChI=1S/C24H32N2O3/c1-17(2)22(26-23(27)20-9-7-8-19(4)16-20)24(28)25-14-5-6-15-29-21-12-10-18(3)11-13-21/h7-13,16-17,22H,5-6,14-15H2,1-4H3,(H,25,28)(H,26,27). The molecule has 0 heterocycles. The molecule has 5 nitrogen and oxygen atoms in total. The van der Waals surface area contributed by atoms with Gasteiger partial charge in [-0.05, 0) is 56.9 Å². The first-order valence-corrected chi connectivity index (χ1v) is 10.2. The molecule has 1 atom stereocenters. The summed E-state index contributed by atoms with van der Waals surface area (Å²) in [4.78, 5) is 25.0. The Kier molecular flexibility index (Phi) is 8.71. The third-order valence-electron chi connectivity index (χ3n) is 4.68. The Morgan fingerprint density at radius 1 is 0.966 bits per heavy atom. The van der Waals surface area contributed by atoms with Crippen molar-refractivity contribution in [2.24, 2.45) is 5.92 Å². The average Bonchev–Trinajstić information content (AvgIpc) is 2.69. The lowest BCUT2D eigenvalue weighted by Crippen LogP contribution is -2.49. The van der Waals surface area contributed by atoms with Gasteiger partial charge in [-0.2, -0.15) is 0 Å². The van der Waals surface area contributed by atoms with Crippen LogP contribution in [0.3, 0.4) is 0 Å². The molecule has 0 fully saturated rings. The molecular weight excluding hydrogens is 364 g/mol. The molecule has 0 spiro atoms. The van der Waals surface area contributed by atoms with Crippen molar-refractivity contribution in [3.05, 3.63) is 65.2 Å². The Hall–Kier alpha value is -2.82. The van der Waals surface area contributed by atoms with Gasteiger partial charge in [0.1, 0.15) is 11.8 Å². The summed E-state index contributed by atoms with van der Waals surface area (Å²) in [6, 6.07) is 14.7. The number of rotatable bonds is 10. The lowest BCUT2D eigenvalue weighted by Gasteiger charge is -2.22. The first kappa shape index (κ1) is 22.5. The van der Waals surface area contributed by atoms with Gasteiger partial charge in [-0.15, -0.1) is 0 Å². The summed E-state index contributed by atoms with van der Waals surface area (Å²) < 4.78 is 5.70. The van der Waals surface area contributed by atoms with Crippen LogP contribution >= 0.6 is 0 Å². The zero-order valence-electron chi connectivity index (χ0n) is 17.8. The fourth-order valence-corrected chi connectivity index (χ4v) is 2.92. The molecule has 156 valence electrons. The summed E-state index contributed by atoms with van der Waals surface area (Å²) in [5.74, 6) is 0.474. The maximum atomic E-state index is 12.5. The SMILES string of the molecule is Cc1ccc(OCCCCNC(=O)C(NC(=O)c2cccc(C)c2)C(C)C)cc1. The number of carbonyl (C=O) groups excluding carboxylic acids is 2. The van der Waals surface area contributed by atoms with Crippen LogP contribution in [0.4, 0.5) is 0 Å². The van der Waals surface area contributed by atoms with Crippen LogP contribution in [0.2, 0.25) is 0 Å². The van der Waals surface area contributed by atoms with E-state index in [-0.39, 0.29) is 17.7 Å². The van der Waals surface area contributed by atoms with Crippen LogP contribution in [0, 0.1) is 19.8 Å². The molecule has 0 saturated carbocycles. The topological polar surface area (TPSA) is 67.4 Å². The largest absolute Gasteiger partial charge is 0.494 e. The lowest BCUT2D eigenvalue weighted by molar-refractivity contribution is -0.123. The quantitative estimate of drug-likeness (QED) is 0.596. The Morgan fingerprint density at radius 2 is 1.69 bits per heavy atom. The molecule has 0 aliphatic carbocycles. The molecule has 0 radical (unpaired) electrons. The molecule has 0 bridgehead atoms. The van der Waals surface area contributed by atoms with Crippen molar-refractivity contribution in [2.75, 3.05) is 13.2 Å². The third-order valence-corrected chi connectivity index (χ3v) is 4.68. The van der Waals surface area contributed by atoms with Crippen LogP contribution in [0.5, 0.6) is 5.75 Å². The Balaban J connectivity index is 1.73. The predicted octanol–water partition coefficient (Wildman–Crippen LogP) is 4.03. The van der Waals surface area contributed by atoms with E-state index in [0.29, 0.717) is 18.7 Å². The maximum Gasteiger partial charge on any atom is 0.251 e. The second-order valence-corrected chi connectivity index (χ2v) is 7.72. The van der Waals surface area contributed by atoms with Crippen molar-refractivity contribution < 1.29 is 14.3 Å². The fourth-order valence-electron chi connectivity index (χ4n) is 2.92. The molecule has 2 N–H and O–H groups in total. The minimum atomic E-state index is -0.563. The van der Waals surface area contributed by atoms with Crippen molar-refractivity contribution in [3.63, 3.8) is 0 Å². The number of unbranched alkanes of at least 4 members (excludes halogenated alkanes) is 1. The number of nitrogens with one attached hydrogen (secondary N) is 2. The van der Waals surface area contributed by atoms with Crippen LogP contribution in [0.15, 0.2) is 48.5 Å².